The Kier molecular flexibility index (Phi) is 6.02. The van der Waals surface area contributed by atoms with E-state index >= 15 is 0 Å². The Morgan fingerprint density at radius 1 is 1.17 bits per heavy atom. The number of amides is 1. The van der Waals surface area contributed by atoms with Gasteiger partial charge in [-0.05, 0) is 43.7 Å². The summed E-state index contributed by atoms with van der Waals surface area (Å²) in [5.41, 5.74) is 7.90. The number of nitrogens with two attached hydrogens (primary N) is 1. The van der Waals surface area contributed by atoms with Gasteiger partial charge in [0.05, 0.1) is 6.54 Å². The monoisotopic (exact) mass is 332 g/mol. The van der Waals surface area contributed by atoms with E-state index in [1.807, 2.05) is 38.1 Å². The number of nitrogens with one attached hydrogen (secondary N) is 1. The van der Waals surface area contributed by atoms with Crippen LogP contribution in [0.1, 0.15) is 24.1 Å². The summed E-state index contributed by atoms with van der Waals surface area (Å²) in [5, 5.41) is 3.47. The molecule has 0 aliphatic rings. The van der Waals surface area contributed by atoms with Crippen molar-refractivity contribution in [2.75, 3.05) is 6.54 Å². The summed E-state index contributed by atoms with van der Waals surface area (Å²) in [5.74, 6) is 0.486. The van der Waals surface area contributed by atoms with Crippen LogP contribution >= 0.6 is 11.6 Å². The number of aryl methyl sites for hydroxylation is 1. The van der Waals surface area contributed by atoms with Crippen LogP contribution in [-0.4, -0.2) is 18.6 Å². The minimum atomic E-state index is -0.682. The lowest BCUT2D eigenvalue weighted by Gasteiger charge is -2.18. The Labute approximate surface area is 141 Å². The lowest BCUT2D eigenvalue weighted by atomic mass is 10.1. The molecule has 0 bridgehead atoms. The van der Waals surface area contributed by atoms with Crippen molar-refractivity contribution < 1.29 is 9.53 Å². The minimum Gasteiger partial charge on any atom is -0.489 e. The Hall–Kier alpha value is -2.04. The lowest BCUT2D eigenvalue weighted by Crippen LogP contribution is -2.39. The average Bonchev–Trinajstić information content (AvgIpc) is 2.55. The van der Waals surface area contributed by atoms with Gasteiger partial charge in [0.1, 0.15) is 17.9 Å². The van der Waals surface area contributed by atoms with E-state index in [9.17, 15) is 4.79 Å². The van der Waals surface area contributed by atoms with Gasteiger partial charge in [-0.1, -0.05) is 41.4 Å². The maximum Gasteiger partial charge on any atom is 0.241 e. The van der Waals surface area contributed by atoms with Crippen molar-refractivity contribution in [2.24, 2.45) is 5.73 Å². The molecule has 2 rings (SSSR count). The molecule has 0 heterocycles. The zero-order valence-electron chi connectivity index (χ0n) is 13.3. The zero-order valence-corrected chi connectivity index (χ0v) is 14.0. The second-order valence-electron chi connectivity index (χ2n) is 5.52. The predicted octanol–water partition coefficient (Wildman–Crippen LogP) is 3.23. The molecular formula is C18H21ClN2O2. The van der Waals surface area contributed by atoms with E-state index in [0.717, 1.165) is 11.1 Å². The first-order valence-corrected chi connectivity index (χ1v) is 7.85. The third kappa shape index (κ3) is 5.27. The van der Waals surface area contributed by atoms with Crippen molar-refractivity contribution >= 4 is 17.5 Å². The molecule has 2 aromatic rings. The molecule has 0 saturated carbocycles. The first-order valence-electron chi connectivity index (χ1n) is 7.48. The van der Waals surface area contributed by atoms with Gasteiger partial charge in [0.15, 0.2) is 0 Å². The SMILES string of the molecule is Cc1ccc(C(N)C(=O)NCC(C)Oc2ccc(Cl)cc2)cc1. The molecule has 0 aromatic heterocycles. The average molecular weight is 333 g/mol. The summed E-state index contributed by atoms with van der Waals surface area (Å²) in [7, 11) is 0. The van der Waals surface area contributed by atoms with Gasteiger partial charge in [-0.3, -0.25) is 4.79 Å². The van der Waals surface area contributed by atoms with Gasteiger partial charge >= 0.3 is 0 Å². The minimum absolute atomic E-state index is 0.176. The van der Waals surface area contributed by atoms with Gasteiger partial charge in [0, 0.05) is 5.02 Å². The van der Waals surface area contributed by atoms with Crippen molar-refractivity contribution in [3.05, 3.63) is 64.7 Å². The van der Waals surface area contributed by atoms with E-state index in [-0.39, 0.29) is 12.0 Å². The zero-order chi connectivity index (χ0) is 16.8. The molecule has 0 saturated heterocycles. The van der Waals surface area contributed by atoms with Crippen LogP contribution in [0, 0.1) is 6.92 Å². The summed E-state index contributed by atoms with van der Waals surface area (Å²) in [6.45, 7) is 4.25. The molecule has 2 atom stereocenters. The van der Waals surface area contributed by atoms with Crippen LogP contribution in [0.25, 0.3) is 0 Å². The first kappa shape index (κ1) is 17.3. The van der Waals surface area contributed by atoms with Gasteiger partial charge in [0.2, 0.25) is 5.91 Å². The molecule has 122 valence electrons. The Morgan fingerprint density at radius 3 is 2.39 bits per heavy atom. The standard InChI is InChI=1S/C18H21ClN2O2/c1-12-3-5-14(6-4-12)17(20)18(22)21-11-13(2)23-16-9-7-15(19)8-10-16/h3-10,13,17H,11,20H2,1-2H3,(H,21,22). The molecule has 2 unspecified atom stereocenters. The van der Waals surface area contributed by atoms with Gasteiger partial charge in [-0.25, -0.2) is 0 Å². The highest BCUT2D eigenvalue weighted by Crippen LogP contribution is 2.17. The van der Waals surface area contributed by atoms with Gasteiger partial charge in [-0.2, -0.15) is 0 Å². The fourth-order valence-electron chi connectivity index (χ4n) is 2.07. The maximum absolute atomic E-state index is 12.1. The molecule has 3 N–H and O–H groups in total. The fraction of sp³-hybridized carbons (Fsp3) is 0.278. The van der Waals surface area contributed by atoms with E-state index in [2.05, 4.69) is 5.32 Å². The number of hydrogen-bond acceptors (Lipinski definition) is 3. The third-order valence-corrected chi connectivity index (χ3v) is 3.69. The number of carbonyl (C=O) groups excluding carboxylic acids is 1. The van der Waals surface area contributed by atoms with E-state index in [0.29, 0.717) is 17.3 Å². The second kappa shape index (κ2) is 7.99. The van der Waals surface area contributed by atoms with Crippen LogP contribution in [0.3, 0.4) is 0 Å². The van der Waals surface area contributed by atoms with Crippen LogP contribution in [-0.2, 0) is 4.79 Å². The molecule has 0 spiro atoms. The van der Waals surface area contributed by atoms with Crippen LogP contribution in [0.4, 0.5) is 0 Å². The quantitative estimate of drug-likeness (QED) is 0.853. The summed E-state index contributed by atoms with van der Waals surface area (Å²) in [4.78, 5) is 12.1. The molecular weight excluding hydrogens is 312 g/mol. The van der Waals surface area contributed by atoms with Crippen LogP contribution < -0.4 is 15.8 Å². The van der Waals surface area contributed by atoms with E-state index in [1.54, 1.807) is 24.3 Å². The van der Waals surface area contributed by atoms with E-state index < -0.39 is 6.04 Å². The number of carbonyl (C=O) groups is 1. The smallest absolute Gasteiger partial charge is 0.241 e. The number of rotatable bonds is 6. The summed E-state index contributed by atoms with van der Waals surface area (Å²) >= 11 is 5.83. The van der Waals surface area contributed by atoms with E-state index in [1.165, 1.54) is 0 Å². The highest BCUT2D eigenvalue weighted by atomic mass is 35.5. The van der Waals surface area contributed by atoms with Crippen LogP contribution in [0.15, 0.2) is 48.5 Å². The molecule has 0 aliphatic heterocycles. The van der Waals surface area contributed by atoms with Crippen molar-refractivity contribution in [1.82, 2.24) is 5.32 Å². The summed E-state index contributed by atoms with van der Waals surface area (Å²) in [6.07, 6.45) is -0.176. The number of halogens is 1. The molecule has 1 amide bonds. The Bertz CT molecular complexity index is 641. The number of hydrogen-bond donors (Lipinski definition) is 2. The largest absolute Gasteiger partial charge is 0.489 e. The van der Waals surface area contributed by atoms with E-state index in [4.69, 9.17) is 22.1 Å². The summed E-state index contributed by atoms with van der Waals surface area (Å²) in [6, 6.07) is 14.0. The van der Waals surface area contributed by atoms with Gasteiger partial charge in [-0.15, -0.1) is 0 Å². The number of benzene rings is 2. The molecule has 0 fully saturated rings. The lowest BCUT2D eigenvalue weighted by molar-refractivity contribution is -0.122. The predicted molar refractivity (Wildman–Crippen MR) is 92.7 cm³/mol. The fourth-order valence-corrected chi connectivity index (χ4v) is 2.19. The molecule has 23 heavy (non-hydrogen) atoms. The second-order valence-corrected chi connectivity index (χ2v) is 5.95. The maximum atomic E-state index is 12.1. The highest BCUT2D eigenvalue weighted by molar-refractivity contribution is 6.30. The molecule has 0 aliphatic carbocycles. The van der Waals surface area contributed by atoms with Crippen molar-refractivity contribution in [2.45, 2.75) is 26.0 Å². The van der Waals surface area contributed by atoms with Crippen LogP contribution in [0.2, 0.25) is 5.02 Å². The van der Waals surface area contributed by atoms with Gasteiger partial charge < -0.3 is 15.8 Å². The molecule has 5 heteroatoms. The molecule has 4 nitrogen and oxygen atoms in total. The molecule has 0 radical (unpaired) electrons. The summed E-state index contributed by atoms with van der Waals surface area (Å²) < 4.78 is 5.71. The van der Waals surface area contributed by atoms with Crippen molar-refractivity contribution in [3.8, 4) is 5.75 Å². The van der Waals surface area contributed by atoms with Crippen molar-refractivity contribution in [3.63, 3.8) is 0 Å². The Morgan fingerprint density at radius 2 is 1.78 bits per heavy atom. The molecule has 2 aromatic carbocycles. The van der Waals surface area contributed by atoms with Crippen molar-refractivity contribution in [1.29, 1.82) is 0 Å². The normalized spacial score (nSPS) is 13.2. The van der Waals surface area contributed by atoms with Crippen LogP contribution in [0.5, 0.6) is 5.75 Å². The topological polar surface area (TPSA) is 64.4 Å². The van der Waals surface area contributed by atoms with Gasteiger partial charge in [0.25, 0.3) is 0 Å². The number of ether oxygens (including phenoxy) is 1. The third-order valence-electron chi connectivity index (χ3n) is 3.43. The highest BCUT2D eigenvalue weighted by Gasteiger charge is 2.16. The Balaban J connectivity index is 1.83. The first-order chi connectivity index (χ1) is 11.0.